The van der Waals surface area contributed by atoms with Crippen molar-refractivity contribution in [1.82, 2.24) is 0 Å². The first-order chi connectivity index (χ1) is 13.2. The Morgan fingerprint density at radius 2 is 1.32 bits per heavy atom. The maximum atomic E-state index is 9.99. The zero-order valence-electron chi connectivity index (χ0n) is 16.2. The topological polar surface area (TPSA) is 50.8 Å². The van der Waals surface area contributed by atoms with Gasteiger partial charge in [-0.05, 0) is 31.0 Å². The summed E-state index contributed by atoms with van der Waals surface area (Å²) in [5.41, 5.74) is 5.41. The zero-order valence-corrected chi connectivity index (χ0v) is 22.6. The monoisotopic (exact) mass is 617 g/mol. The number of benzene rings is 3. The molecule has 0 bridgehead atoms. The quantitative estimate of drug-likeness (QED) is 0.360. The summed E-state index contributed by atoms with van der Waals surface area (Å²) >= 11 is 0. The predicted octanol–water partition coefficient (Wildman–Crippen LogP) is 5.41. The molecule has 0 atom stereocenters. The van der Waals surface area contributed by atoms with E-state index in [9.17, 15) is 10.5 Å². The predicted molar refractivity (Wildman–Crippen MR) is 109 cm³/mol. The molecular formula is C24H20N3Rf-. The largest absolute Gasteiger partial charge is 0.370 e. The summed E-state index contributed by atoms with van der Waals surface area (Å²) in [7, 11) is 0. The fourth-order valence-electron chi connectivity index (χ4n) is 3.39. The molecule has 0 saturated carbocycles. The summed E-state index contributed by atoms with van der Waals surface area (Å²) in [6, 6.07) is 27.2. The average Bonchev–Trinajstić information content (AvgIpc) is 2.75. The second-order valence-electron chi connectivity index (χ2n) is 6.12. The number of anilines is 1. The number of rotatable bonds is 5. The molecule has 0 radical (unpaired) electrons. The Morgan fingerprint density at radius 1 is 0.821 bits per heavy atom. The molecule has 0 N–H and O–H groups in total. The molecule has 0 aromatic heterocycles. The first-order valence-corrected chi connectivity index (χ1v) is 9.03. The van der Waals surface area contributed by atoms with Crippen molar-refractivity contribution in [2.45, 2.75) is 13.8 Å². The molecule has 0 aliphatic rings. The zero-order chi connectivity index (χ0) is 19.2. The maximum Gasteiger partial charge on any atom is 0.102 e. The van der Waals surface area contributed by atoms with Crippen LogP contribution in [0.2, 0.25) is 0 Å². The van der Waals surface area contributed by atoms with Crippen LogP contribution in [0.25, 0.3) is 22.3 Å². The van der Waals surface area contributed by atoms with Crippen LogP contribution in [0.4, 0.5) is 5.69 Å². The molecule has 0 heterocycles. The molecule has 0 spiro atoms. The van der Waals surface area contributed by atoms with E-state index < -0.39 is 0 Å². The summed E-state index contributed by atoms with van der Waals surface area (Å²) in [5, 5.41) is 20.0. The van der Waals surface area contributed by atoms with Crippen molar-refractivity contribution in [3.63, 3.8) is 0 Å². The van der Waals surface area contributed by atoms with Crippen LogP contribution in [0.5, 0.6) is 0 Å². The number of nitriles is 2. The molecule has 0 saturated heterocycles. The number of hydrogen-bond donors (Lipinski definition) is 0. The molecule has 28 heavy (non-hydrogen) atoms. The summed E-state index contributed by atoms with van der Waals surface area (Å²) in [5.74, 6) is 0. The van der Waals surface area contributed by atoms with E-state index >= 15 is 0 Å². The minimum absolute atomic E-state index is 0. The van der Waals surface area contributed by atoms with Gasteiger partial charge in [0.1, 0.15) is 12.1 Å². The van der Waals surface area contributed by atoms with E-state index in [1.54, 1.807) is 0 Å². The molecule has 0 amide bonds. The first-order valence-electron chi connectivity index (χ1n) is 9.03. The molecule has 3 aromatic rings. The Bertz CT molecular complexity index is 936. The van der Waals surface area contributed by atoms with Crippen molar-refractivity contribution >= 4 is 5.69 Å². The summed E-state index contributed by atoms with van der Waals surface area (Å²) in [6.45, 7) is 5.52. The Morgan fingerprint density at radius 3 is 1.79 bits per heavy atom. The van der Waals surface area contributed by atoms with Gasteiger partial charge in [-0.25, -0.2) is 0 Å². The van der Waals surface area contributed by atoms with Crippen LogP contribution in [0, 0.1) is 28.7 Å². The van der Waals surface area contributed by atoms with E-state index in [2.05, 4.69) is 23.1 Å². The second-order valence-corrected chi connectivity index (χ2v) is 6.12. The van der Waals surface area contributed by atoms with E-state index in [0.29, 0.717) is 16.8 Å². The second kappa shape index (κ2) is 8.70. The van der Waals surface area contributed by atoms with Crippen molar-refractivity contribution < 1.29 is 0 Å². The van der Waals surface area contributed by atoms with E-state index in [4.69, 9.17) is 0 Å². The molecular weight excluding hydrogens is 597 g/mol. The molecule has 3 rings (SSSR count). The Kier molecular flexibility index (Phi) is 6.14. The third kappa shape index (κ3) is 3.39. The van der Waals surface area contributed by atoms with Gasteiger partial charge in [0.05, 0.1) is 16.8 Å². The van der Waals surface area contributed by atoms with Crippen molar-refractivity contribution in [1.29, 1.82) is 10.5 Å². The van der Waals surface area contributed by atoms with Crippen LogP contribution >= 0.6 is 0 Å². The van der Waals surface area contributed by atoms with Crippen LogP contribution in [-0.2, 0) is 0 Å². The van der Waals surface area contributed by atoms with E-state index in [1.807, 2.05) is 74.5 Å². The normalized spacial score (nSPS) is 9.71. The standard InChI is InChI=1S/C24H20N3.Rf/c1-3-27(4-2)24-22(16-25)20(18-11-7-5-8-12-18)15-21(23(24)17-26)19-13-9-6-10-14-19;/h5,7-15H,3-4H2,1-2H3;/q-1;. The van der Waals surface area contributed by atoms with Crippen molar-refractivity contribution in [3.8, 4) is 34.4 Å². The van der Waals surface area contributed by atoms with Gasteiger partial charge in [-0.2, -0.15) is 40.9 Å². The van der Waals surface area contributed by atoms with E-state index in [1.165, 1.54) is 0 Å². The SMILES string of the molecule is CCN(CC)c1c(C#N)c(-c2cc[c-]cc2)cc(-c2ccccc2)c1C#N.[Rf]. The molecule has 4 heteroatoms. The fraction of sp³-hybridized carbons (Fsp3) is 0.167. The van der Waals surface area contributed by atoms with E-state index in [-0.39, 0.29) is 0 Å². The van der Waals surface area contributed by atoms with Crippen molar-refractivity contribution in [2.75, 3.05) is 18.0 Å². The van der Waals surface area contributed by atoms with Crippen LogP contribution in [0.15, 0.2) is 60.7 Å². The van der Waals surface area contributed by atoms with Gasteiger partial charge in [-0.15, -0.1) is 5.56 Å². The van der Waals surface area contributed by atoms with Gasteiger partial charge in [-0.1, -0.05) is 30.3 Å². The van der Waals surface area contributed by atoms with Crippen molar-refractivity contribution in [2.24, 2.45) is 0 Å². The van der Waals surface area contributed by atoms with Gasteiger partial charge in [0.2, 0.25) is 0 Å². The average molecular weight is 617 g/mol. The minimum Gasteiger partial charge on any atom is -0.370 e. The van der Waals surface area contributed by atoms with Crippen LogP contribution < -0.4 is 4.90 Å². The molecule has 134 valence electrons. The Balaban J connectivity index is 0.00000280. The number of hydrogen-bond acceptors (Lipinski definition) is 3. The first kappa shape index (κ1) is 19.8. The molecule has 0 unspecified atom stereocenters. The summed E-state index contributed by atoms with van der Waals surface area (Å²) < 4.78 is 0. The summed E-state index contributed by atoms with van der Waals surface area (Å²) in [6.07, 6.45) is 0. The third-order valence-electron chi connectivity index (χ3n) is 4.72. The van der Waals surface area contributed by atoms with Crippen molar-refractivity contribution in [3.05, 3.63) is 77.9 Å². The number of nitrogens with zero attached hydrogens (tertiary/aromatic N) is 3. The molecule has 0 aliphatic carbocycles. The van der Waals surface area contributed by atoms with Crippen LogP contribution in [-0.4, -0.2) is 13.1 Å². The van der Waals surface area contributed by atoms with Gasteiger partial charge in [0, 0.05) is 18.7 Å². The van der Waals surface area contributed by atoms with Crippen LogP contribution in [0.1, 0.15) is 25.0 Å². The smallest absolute Gasteiger partial charge is 0.102 e. The maximum absolute atomic E-state index is 9.99. The van der Waals surface area contributed by atoms with Gasteiger partial charge >= 0.3 is 0 Å². The molecule has 0 aliphatic heterocycles. The minimum atomic E-state index is 0. The van der Waals surface area contributed by atoms with Gasteiger partial charge in [0.15, 0.2) is 0 Å². The molecule has 3 nitrogen and oxygen atoms in total. The summed E-state index contributed by atoms with van der Waals surface area (Å²) in [4.78, 5) is 2.09. The molecule has 0 fully saturated rings. The fourth-order valence-corrected chi connectivity index (χ4v) is 3.39. The van der Waals surface area contributed by atoms with Gasteiger partial charge < -0.3 is 4.90 Å². The Labute approximate surface area is 160 Å². The van der Waals surface area contributed by atoms with Gasteiger partial charge in [-0.3, -0.25) is 0 Å². The van der Waals surface area contributed by atoms with E-state index in [0.717, 1.165) is 35.3 Å². The molecule has 3 aromatic carbocycles. The van der Waals surface area contributed by atoms with Gasteiger partial charge in [0.25, 0.3) is 0 Å². The third-order valence-corrected chi connectivity index (χ3v) is 4.72. The Hall–Kier alpha value is -4.56. The van der Waals surface area contributed by atoms with Crippen LogP contribution in [0.3, 0.4) is 0 Å².